The van der Waals surface area contributed by atoms with Gasteiger partial charge in [-0.05, 0) is 66.6 Å². The van der Waals surface area contributed by atoms with Crippen LogP contribution in [0.15, 0.2) is 83.8 Å². The molecule has 3 rings (SSSR count). The van der Waals surface area contributed by atoms with Crippen molar-refractivity contribution in [3.8, 4) is 11.8 Å². The summed E-state index contributed by atoms with van der Waals surface area (Å²) in [4.78, 5) is 0.0723. The Hall–Kier alpha value is -3.28. The molecular weight excluding hydrogens is 511 g/mol. The number of hydrogen-bond acceptors (Lipinski definition) is 3. The van der Waals surface area contributed by atoms with Gasteiger partial charge in [-0.25, -0.2) is 8.42 Å². The van der Waals surface area contributed by atoms with Crippen LogP contribution in [-0.4, -0.2) is 26.2 Å². The number of halogens is 3. The lowest BCUT2D eigenvalue weighted by Gasteiger charge is -2.28. The van der Waals surface area contributed by atoms with Gasteiger partial charge in [-0.1, -0.05) is 75.6 Å². The van der Waals surface area contributed by atoms with E-state index in [2.05, 4.69) is 12.8 Å². The highest BCUT2D eigenvalue weighted by Crippen LogP contribution is 2.39. The second-order valence-electron chi connectivity index (χ2n) is 9.55. The molecule has 1 N–H and O–H groups in total. The number of sulfonamides is 1. The maximum Gasteiger partial charge on any atom is 0.433 e. The average Bonchev–Trinajstić information content (AvgIpc) is 2.89. The largest absolute Gasteiger partial charge is 0.433 e. The van der Waals surface area contributed by atoms with Crippen LogP contribution < -0.4 is 4.31 Å². The van der Waals surface area contributed by atoms with Crippen molar-refractivity contribution in [2.45, 2.75) is 56.7 Å². The molecule has 0 bridgehead atoms. The van der Waals surface area contributed by atoms with Crippen LogP contribution >= 0.6 is 0 Å². The first kappa shape index (κ1) is 29.3. The normalized spacial score (nSPS) is 13.5. The number of anilines is 1. The molecule has 0 aliphatic carbocycles. The van der Waals surface area contributed by atoms with Gasteiger partial charge in [-0.15, -0.1) is 0 Å². The molecule has 0 fully saturated rings. The lowest BCUT2D eigenvalue weighted by atomic mass is 9.93. The number of benzene rings is 3. The highest BCUT2D eigenvalue weighted by Gasteiger charge is 2.54. The SMILES string of the molecule is CCCCc1ccc(C#CC(O)(c2ccc(N(CC(C)C)S(=O)(=O)c3ccccc3)cc2)C(F)(F)F)cc1. The van der Waals surface area contributed by atoms with Gasteiger partial charge in [0.25, 0.3) is 10.0 Å². The predicted molar refractivity (Wildman–Crippen MR) is 144 cm³/mol. The molecule has 8 heteroatoms. The van der Waals surface area contributed by atoms with Crippen molar-refractivity contribution in [2.24, 2.45) is 5.92 Å². The Labute approximate surface area is 223 Å². The number of rotatable bonds is 9. The monoisotopic (exact) mass is 543 g/mol. The van der Waals surface area contributed by atoms with E-state index in [1.807, 2.05) is 31.9 Å². The van der Waals surface area contributed by atoms with E-state index in [0.717, 1.165) is 41.3 Å². The second kappa shape index (κ2) is 12.1. The van der Waals surface area contributed by atoms with Crippen molar-refractivity contribution in [2.75, 3.05) is 10.8 Å². The van der Waals surface area contributed by atoms with Gasteiger partial charge in [-0.2, -0.15) is 13.2 Å². The lowest BCUT2D eigenvalue weighted by molar-refractivity contribution is -0.240. The van der Waals surface area contributed by atoms with Gasteiger partial charge < -0.3 is 5.11 Å². The number of unbranched alkanes of at least 4 members (excludes halogenated alkanes) is 1. The van der Waals surface area contributed by atoms with Crippen molar-refractivity contribution in [3.05, 3.63) is 95.6 Å². The Morgan fingerprint density at radius 2 is 1.53 bits per heavy atom. The summed E-state index contributed by atoms with van der Waals surface area (Å²) < 4.78 is 70.0. The fourth-order valence-electron chi connectivity index (χ4n) is 3.87. The Morgan fingerprint density at radius 3 is 2.05 bits per heavy atom. The van der Waals surface area contributed by atoms with Gasteiger partial charge in [0.15, 0.2) is 0 Å². The smallest absolute Gasteiger partial charge is 0.366 e. The molecule has 0 saturated heterocycles. The van der Waals surface area contributed by atoms with Crippen LogP contribution in [0.2, 0.25) is 0 Å². The van der Waals surface area contributed by atoms with E-state index in [-0.39, 0.29) is 23.0 Å². The van der Waals surface area contributed by atoms with E-state index in [0.29, 0.717) is 5.56 Å². The third-order valence-corrected chi connectivity index (χ3v) is 7.81. The molecule has 0 aliphatic rings. The van der Waals surface area contributed by atoms with Crippen LogP contribution in [-0.2, 0) is 22.0 Å². The maximum absolute atomic E-state index is 14.1. The predicted octanol–water partition coefficient (Wildman–Crippen LogP) is 6.68. The molecule has 38 heavy (non-hydrogen) atoms. The molecule has 0 aliphatic heterocycles. The highest BCUT2D eigenvalue weighted by atomic mass is 32.2. The molecule has 0 radical (unpaired) electrons. The number of hydrogen-bond donors (Lipinski definition) is 1. The van der Waals surface area contributed by atoms with Crippen molar-refractivity contribution in [1.82, 2.24) is 0 Å². The zero-order valence-corrected chi connectivity index (χ0v) is 22.5. The summed E-state index contributed by atoms with van der Waals surface area (Å²) in [5, 5.41) is 10.7. The molecular formula is C30H32F3NO3S. The third-order valence-electron chi connectivity index (χ3n) is 6.01. The zero-order valence-electron chi connectivity index (χ0n) is 21.7. The molecule has 0 aromatic heterocycles. The average molecular weight is 544 g/mol. The van der Waals surface area contributed by atoms with Gasteiger partial charge in [-0.3, -0.25) is 4.31 Å². The molecule has 0 saturated carbocycles. The number of aryl methyl sites for hydroxylation is 1. The van der Waals surface area contributed by atoms with Crippen LogP contribution in [0.4, 0.5) is 18.9 Å². The van der Waals surface area contributed by atoms with E-state index in [1.165, 1.54) is 24.3 Å². The Morgan fingerprint density at radius 1 is 0.921 bits per heavy atom. The summed E-state index contributed by atoms with van der Waals surface area (Å²) in [6.45, 7) is 5.88. The summed E-state index contributed by atoms with van der Waals surface area (Å²) in [5.41, 5.74) is -2.33. The first-order valence-corrected chi connectivity index (χ1v) is 13.9. The molecule has 4 nitrogen and oxygen atoms in total. The quantitative estimate of drug-likeness (QED) is 0.306. The van der Waals surface area contributed by atoms with Crippen molar-refractivity contribution < 1.29 is 26.7 Å². The molecule has 1 unspecified atom stereocenters. The summed E-state index contributed by atoms with van der Waals surface area (Å²) in [7, 11) is -3.96. The molecule has 202 valence electrons. The van der Waals surface area contributed by atoms with Gasteiger partial charge in [0.05, 0.1) is 10.6 Å². The number of alkyl halides is 3. The minimum absolute atomic E-state index is 0.0560. The van der Waals surface area contributed by atoms with Crippen LogP contribution in [0.5, 0.6) is 0 Å². The third kappa shape index (κ3) is 6.77. The van der Waals surface area contributed by atoms with Crippen LogP contribution in [0.25, 0.3) is 0 Å². The fraction of sp³-hybridized carbons (Fsp3) is 0.333. The Balaban J connectivity index is 1.97. The zero-order chi connectivity index (χ0) is 28.0. The van der Waals surface area contributed by atoms with Gasteiger partial charge in [0, 0.05) is 17.7 Å². The minimum atomic E-state index is -5.09. The molecule has 3 aromatic carbocycles. The Kier molecular flexibility index (Phi) is 9.29. The Bertz CT molecular complexity index is 1360. The van der Waals surface area contributed by atoms with Gasteiger partial charge >= 0.3 is 6.18 Å². The summed E-state index contributed by atoms with van der Waals surface area (Å²) in [6, 6.07) is 19.4. The summed E-state index contributed by atoms with van der Waals surface area (Å²) in [6.07, 6.45) is -2.17. The van der Waals surface area contributed by atoms with Gasteiger partial charge in [0.2, 0.25) is 5.60 Å². The highest BCUT2D eigenvalue weighted by molar-refractivity contribution is 7.92. The van der Waals surface area contributed by atoms with Gasteiger partial charge in [0.1, 0.15) is 0 Å². The van der Waals surface area contributed by atoms with E-state index in [1.54, 1.807) is 30.3 Å². The van der Waals surface area contributed by atoms with E-state index in [9.17, 15) is 26.7 Å². The van der Waals surface area contributed by atoms with Crippen molar-refractivity contribution >= 4 is 15.7 Å². The fourth-order valence-corrected chi connectivity index (χ4v) is 5.52. The number of nitrogens with zero attached hydrogens (tertiary/aromatic N) is 1. The van der Waals surface area contributed by atoms with E-state index in [4.69, 9.17) is 0 Å². The minimum Gasteiger partial charge on any atom is -0.366 e. The van der Waals surface area contributed by atoms with Crippen molar-refractivity contribution in [3.63, 3.8) is 0 Å². The first-order chi connectivity index (χ1) is 17.9. The molecule has 0 heterocycles. The summed E-state index contributed by atoms with van der Waals surface area (Å²) in [5.74, 6) is 4.42. The molecule has 0 amide bonds. The van der Waals surface area contributed by atoms with E-state index >= 15 is 0 Å². The lowest BCUT2D eigenvalue weighted by Crippen LogP contribution is -2.41. The second-order valence-corrected chi connectivity index (χ2v) is 11.4. The van der Waals surface area contributed by atoms with Crippen LogP contribution in [0, 0.1) is 17.8 Å². The number of aliphatic hydroxyl groups is 1. The molecule has 1 atom stereocenters. The summed E-state index contributed by atoms with van der Waals surface area (Å²) >= 11 is 0. The van der Waals surface area contributed by atoms with Crippen LogP contribution in [0.1, 0.15) is 50.3 Å². The van der Waals surface area contributed by atoms with E-state index < -0.39 is 27.4 Å². The van der Waals surface area contributed by atoms with Crippen LogP contribution in [0.3, 0.4) is 0 Å². The van der Waals surface area contributed by atoms with Crippen molar-refractivity contribution in [1.29, 1.82) is 0 Å². The standard InChI is InChI=1S/C30H32F3NO3S/c1-4-5-9-24-12-14-25(15-13-24)20-21-29(35,30(31,32)33)26-16-18-27(19-17-26)34(22-23(2)3)38(36,37)28-10-7-6-8-11-28/h6-8,10-19,23,35H,4-5,9,22H2,1-3H3. The molecule has 3 aromatic rings. The maximum atomic E-state index is 14.1. The first-order valence-electron chi connectivity index (χ1n) is 12.5. The molecule has 0 spiro atoms. The topological polar surface area (TPSA) is 57.6 Å².